The maximum Gasteiger partial charge on any atom is 0.238 e. The van der Waals surface area contributed by atoms with E-state index in [1.165, 1.54) is 12.4 Å². The van der Waals surface area contributed by atoms with Crippen molar-refractivity contribution in [3.63, 3.8) is 0 Å². The van der Waals surface area contributed by atoms with E-state index in [1.54, 1.807) is 18.3 Å². The lowest BCUT2D eigenvalue weighted by molar-refractivity contribution is 0.464. The number of fused-ring (bicyclic) bond motifs is 1. The third-order valence-corrected chi connectivity index (χ3v) is 2.72. The number of nitriles is 1. The molecule has 2 heterocycles. The van der Waals surface area contributed by atoms with E-state index in [9.17, 15) is 0 Å². The second kappa shape index (κ2) is 4.82. The molecule has 0 bridgehead atoms. The van der Waals surface area contributed by atoms with Gasteiger partial charge >= 0.3 is 0 Å². The lowest BCUT2D eigenvalue weighted by atomic mass is 10.2. The maximum atomic E-state index is 8.67. The van der Waals surface area contributed by atoms with Crippen molar-refractivity contribution in [3.05, 3.63) is 48.5 Å². The first-order chi connectivity index (χ1) is 9.78. The number of pyridine rings is 1. The molecule has 2 aromatic heterocycles. The molecular formula is C14H9N5O. The number of hydrogen-bond acceptors (Lipinski definition) is 6. The molecule has 0 amide bonds. The molecule has 0 spiro atoms. The highest BCUT2D eigenvalue weighted by Crippen LogP contribution is 2.30. The van der Waals surface area contributed by atoms with Crippen LogP contribution in [0.5, 0.6) is 11.6 Å². The molecule has 1 aromatic carbocycles. The fourth-order valence-electron chi connectivity index (χ4n) is 1.79. The Bertz CT molecular complexity index is 808. The quantitative estimate of drug-likeness (QED) is 0.712. The lowest BCUT2D eigenvalue weighted by Crippen LogP contribution is -1.94. The predicted molar refractivity (Wildman–Crippen MR) is 73.0 cm³/mol. The van der Waals surface area contributed by atoms with Crippen LogP contribution in [0.2, 0.25) is 0 Å². The molecule has 3 aromatic rings. The molecule has 96 valence electrons. The van der Waals surface area contributed by atoms with E-state index in [-0.39, 0.29) is 5.69 Å². The number of anilines is 1. The Morgan fingerprint density at radius 1 is 1.10 bits per heavy atom. The molecule has 6 nitrogen and oxygen atoms in total. The Balaban J connectivity index is 2.02. The monoisotopic (exact) mass is 263 g/mol. The van der Waals surface area contributed by atoms with Crippen molar-refractivity contribution < 1.29 is 4.74 Å². The van der Waals surface area contributed by atoms with E-state index in [2.05, 4.69) is 15.0 Å². The number of ether oxygens (including phenoxy) is 1. The molecule has 6 heteroatoms. The first-order valence-corrected chi connectivity index (χ1v) is 5.81. The average molecular weight is 263 g/mol. The fraction of sp³-hybridized carbons (Fsp3) is 0. The smallest absolute Gasteiger partial charge is 0.238 e. The highest BCUT2D eigenvalue weighted by Gasteiger charge is 2.08. The van der Waals surface area contributed by atoms with E-state index in [4.69, 9.17) is 15.7 Å². The van der Waals surface area contributed by atoms with Crippen molar-refractivity contribution in [3.8, 4) is 17.7 Å². The molecular weight excluding hydrogens is 254 g/mol. The highest BCUT2D eigenvalue weighted by atomic mass is 16.5. The van der Waals surface area contributed by atoms with Gasteiger partial charge in [-0.2, -0.15) is 5.26 Å². The summed E-state index contributed by atoms with van der Waals surface area (Å²) in [4.78, 5) is 12.2. The molecule has 0 unspecified atom stereocenters. The first-order valence-electron chi connectivity index (χ1n) is 5.81. The average Bonchev–Trinajstić information content (AvgIpc) is 2.51. The summed E-state index contributed by atoms with van der Waals surface area (Å²) in [7, 11) is 0. The molecule has 0 aliphatic carbocycles. The van der Waals surface area contributed by atoms with Gasteiger partial charge in [0.15, 0.2) is 11.4 Å². The minimum Gasteiger partial charge on any atom is -0.435 e. The zero-order chi connectivity index (χ0) is 13.9. The van der Waals surface area contributed by atoms with Crippen molar-refractivity contribution in [1.29, 1.82) is 5.26 Å². The van der Waals surface area contributed by atoms with Gasteiger partial charge in [-0.25, -0.2) is 9.97 Å². The molecule has 2 N–H and O–H groups in total. The van der Waals surface area contributed by atoms with Gasteiger partial charge in [0.05, 0.1) is 12.4 Å². The third-order valence-electron chi connectivity index (χ3n) is 2.72. The molecule has 0 radical (unpaired) electrons. The van der Waals surface area contributed by atoms with Crippen LogP contribution in [-0.2, 0) is 0 Å². The number of aromatic nitrogens is 3. The predicted octanol–water partition coefficient (Wildman–Crippen LogP) is 2.27. The maximum absolute atomic E-state index is 8.67. The zero-order valence-electron chi connectivity index (χ0n) is 10.3. The van der Waals surface area contributed by atoms with Gasteiger partial charge < -0.3 is 10.5 Å². The van der Waals surface area contributed by atoms with Crippen LogP contribution in [0.3, 0.4) is 0 Å². The van der Waals surface area contributed by atoms with Gasteiger partial charge in [0, 0.05) is 17.3 Å². The summed E-state index contributed by atoms with van der Waals surface area (Å²) in [5.41, 5.74) is 7.41. The van der Waals surface area contributed by atoms with Crippen molar-refractivity contribution in [2.45, 2.75) is 0 Å². The van der Waals surface area contributed by atoms with Crippen LogP contribution in [-0.4, -0.2) is 15.0 Å². The van der Waals surface area contributed by atoms with Crippen molar-refractivity contribution in [2.75, 3.05) is 5.73 Å². The van der Waals surface area contributed by atoms with Gasteiger partial charge in [-0.15, -0.1) is 0 Å². The number of benzene rings is 1. The number of nitrogens with zero attached hydrogens (tertiary/aromatic N) is 4. The Morgan fingerprint density at radius 3 is 2.75 bits per heavy atom. The van der Waals surface area contributed by atoms with Crippen LogP contribution in [0, 0.1) is 11.3 Å². The normalized spacial score (nSPS) is 10.2. The summed E-state index contributed by atoms with van der Waals surface area (Å²) in [5, 5.41) is 9.48. The zero-order valence-corrected chi connectivity index (χ0v) is 10.3. The van der Waals surface area contributed by atoms with Gasteiger partial charge in [0.1, 0.15) is 11.6 Å². The van der Waals surface area contributed by atoms with E-state index in [0.717, 1.165) is 5.39 Å². The van der Waals surface area contributed by atoms with Crippen LogP contribution < -0.4 is 10.5 Å². The minimum atomic E-state index is 0.234. The lowest BCUT2D eigenvalue weighted by Gasteiger charge is -2.08. The van der Waals surface area contributed by atoms with E-state index < -0.39 is 0 Å². The van der Waals surface area contributed by atoms with E-state index in [0.29, 0.717) is 22.8 Å². The first kappa shape index (κ1) is 11.9. The van der Waals surface area contributed by atoms with Gasteiger partial charge in [0.2, 0.25) is 5.88 Å². The van der Waals surface area contributed by atoms with Crippen molar-refractivity contribution in [2.24, 2.45) is 0 Å². The summed E-state index contributed by atoms with van der Waals surface area (Å²) >= 11 is 0. The van der Waals surface area contributed by atoms with Gasteiger partial charge in [-0.3, -0.25) is 4.98 Å². The topological polar surface area (TPSA) is 97.7 Å². The molecule has 0 aliphatic heterocycles. The summed E-state index contributed by atoms with van der Waals surface area (Å²) in [5.74, 6) is 0.828. The summed E-state index contributed by atoms with van der Waals surface area (Å²) in [6.45, 7) is 0. The number of hydrogen-bond donors (Lipinski definition) is 1. The summed E-state index contributed by atoms with van der Waals surface area (Å²) < 4.78 is 5.65. The second-order valence-electron chi connectivity index (χ2n) is 4.01. The van der Waals surface area contributed by atoms with Crippen LogP contribution in [0.1, 0.15) is 5.69 Å². The highest BCUT2D eigenvalue weighted by molar-refractivity contribution is 5.94. The molecule has 0 aliphatic rings. The van der Waals surface area contributed by atoms with Gasteiger partial charge in [0.25, 0.3) is 0 Å². The Morgan fingerprint density at radius 2 is 2.00 bits per heavy atom. The molecule has 3 rings (SSSR count). The Labute approximate surface area is 114 Å². The summed E-state index contributed by atoms with van der Waals surface area (Å²) in [6, 6.07) is 9.05. The Hall–Kier alpha value is -3.20. The van der Waals surface area contributed by atoms with Crippen LogP contribution in [0.15, 0.2) is 42.9 Å². The largest absolute Gasteiger partial charge is 0.435 e. The van der Waals surface area contributed by atoms with Crippen LogP contribution >= 0.6 is 0 Å². The number of rotatable bonds is 2. The number of nitrogen functional groups attached to an aromatic ring is 1. The number of nitrogens with two attached hydrogens (primary N) is 1. The molecule has 0 fully saturated rings. The standard InChI is InChI=1S/C14H9N5O/c15-6-9-7-19-13(8-18-9)20-12-4-3-11(16)10-2-1-5-17-14(10)12/h1-5,7-8H,16H2. The van der Waals surface area contributed by atoms with Crippen molar-refractivity contribution >= 4 is 16.6 Å². The minimum absolute atomic E-state index is 0.234. The molecule has 0 saturated heterocycles. The van der Waals surface area contributed by atoms with Crippen LogP contribution in [0.25, 0.3) is 10.9 Å². The SMILES string of the molecule is N#Cc1cnc(Oc2ccc(N)c3cccnc23)cn1. The third kappa shape index (κ3) is 2.08. The summed E-state index contributed by atoms with van der Waals surface area (Å²) in [6.07, 6.45) is 4.41. The van der Waals surface area contributed by atoms with Gasteiger partial charge in [-0.05, 0) is 24.3 Å². The second-order valence-corrected chi connectivity index (χ2v) is 4.01. The Kier molecular flexibility index (Phi) is 2.86. The van der Waals surface area contributed by atoms with E-state index in [1.807, 2.05) is 18.2 Å². The van der Waals surface area contributed by atoms with Crippen LogP contribution in [0.4, 0.5) is 5.69 Å². The molecule has 0 atom stereocenters. The molecule has 0 saturated carbocycles. The van der Waals surface area contributed by atoms with Gasteiger partial charge in [-0.1, -0.05) is 0 Å². The van der Waals surface area contributed by atoms with Crippen molar-refractivity contribution in [1.82, 2.24) is 15.0 Å². The fourth-order valence-corrected chi connectivity index (χ4v) is 1.79. The molecule has 20 heavy (non-hydrogen) atoms. The van der Waals surface area contributed by atoms with E-state index >= 15 is 0 Å².